The van der Waals surface area contributed by atoms with Gasteiger partial charge in [0, 0.05) is 10.7 Å². The summed E-state index contributed by atoms with van der Waals surface area (Å²) < 4.78 is 22.8. The van der Waals surface area contributed by atoms with Gasteiger partial charge in [-0.25, -0.2) is 8.42 Å². The lowest BCUT2D eigenvalue weighted by molar-refractivity contribution is 0.599. The van der Waals surface area contributed by atoms with Gasteiger partial charge in [-0.15, -0.1) is 0 Å². The standard InChI is InChI=1S/C10H13BrO2S/c1-14(12,13)8-2-3-9-4-6-10(11)7-5-9/h4-7H,2-3,8H2,1H3. The van der Waals surface area contributed by atoms with Crippen LogP contribution in [0.1, 0.15) is 12.0 Å². The maximum absolute atomic E-state index is 10.9. The van der Waals surface area contributed by atoms with Crippen LogP contribution < -0.4 is 0 Å². The van der Waals surface area contributed by atoms with Crippen LogP contribution in [0.3, 0.4) is 0 Å². The second kappa shape index (κ2) is 4.94. The Morgan fingerprint density at radius 1 is 1.21 bits per heavy atom. The summed E-state index contributed by atoms with van der Waals surface area (Å²) in [6.07, 6.45) is 2.79. The van der Waals surface area contributed by atoms with E-state index in [1.807, 2.05) is 24.3 Å². The molecular weight excluding hydrogens is 264 g/mol. The van der Waals surface area contributed by atoms with Crippen molar-refractivity contribution in [2.45, 2.75) is 12.8 Å². The van der Waals surface area contributed by atoms with Crippen LogP contribution in [0.5, 0.6) is 0 Å². The van der Waals surface area contributed by atoms with Gasteiger partial charge in [-0.1, -0.05) is 28.1 Å². The lowest BCUT2D eigenvalue weighted by atomic mass is 10.1. The molecule has 0 N–H and O–H groups in total. The van der Waals surface area contributed by atoms with Gasteiger partial charge in [-0.05, 0) is 30.5 Å². The summed E-state index contributed by atoms with van der Waals surface area (Å²) in [5, 5.41) is 0. The SMILES string of the molecule is CS(=O)(=O)CCCc1ccc(Br)cc1. The molecule has 1 aromatic rings. The number of hydrogen-bond acceptors (Lipinski definition) is 2. The highest BCUT2D eigenvalue weighted by molar-refractivity contribution is 9.10. The summed E-state index contributed by atoms with van der Waals surface area (Å²) in [4.78, 5) is 0. The number of hydrogen-bond donors (Lipinski definition) is 0. The third-order valence-corrected chi connectivity index (χ3v) is 3.45. The zero-order chi connectivity index (χ0) is 10.6. The van der Waals surface area contributed by atoms with Crippen LogP contribution in [-0.2, 0) is 16.3 Å². The molecule has 0 saturated heterocycles. The average Bonchev–Trinajstić information content (AvgIpc) is 2.06. The van der Waals surface area contributed by atoms with E-state index in [2.05, 4.69) is 15.9 Å². The first-order valence-electron chi connectivity index (χ1n) is 4.39. The largest absolute Gasteiger partial charge is 0.229 e. The van der Waals surface area contributed by atoms with Gasteiger partial charge in [0.2, 0.25) is 0 Å². The van der Waals surface area contributed by atoms with E-state index in [0.717, 1.165) is 10.9 Å². The maximum atomic E-state index is 10.9. The summed E-state index contributed by atoms with van der Waals surface area (Å²) in [6, 6.07) is 7.95. The Kier molecular flexibility index (Phi) is 4.13. The third-order valence-electron chi connectivity index (χ3n) is 1.89. The highest BCUT2D eigenvalue weighted by Gasteiger charge is 2.01. The minimum Gasteiger partial charge on any atom is -0.229 e. The van der Waals surface area contributed by atoms with Gasteiger partial charge < -0.3 is 0 Å². The van der Waals surface area contributed by atoms with Crippen molar-refractivity contribution >= 4 is 25.8 Å². The van der Waals surface area contributed by atoms with E-state index in [4.69, 9.17) is 0 Å². The molecule has 0 aliphatic rings. The Bertz CT molecular complexity index is 381. The maximum Gasteiger partial charge on any atom is 0.147 e. The Morgan fingerprint density at radius 3 is 2.29 bits per heavy atom. The Hall–Kier alpha value is -0.350. The monoisotopic (exact) mass is 276 g/mol. The van der Waals surface area contributed by atoms with E-state index in [0.29, 0.717) is 6.42 Å². The van der Waals surface area contributed by atoms with Crippen LogP contribution in [0.2, 0.25) is 0 Å². The van der Waals surface area contributed by atoms with E-state index in [1.165, 1.54) is 11.8 Å². The fourth-order valence-corrected chi connectivity index (χ4v) is 2.12. The van der Waals surface area contributed by atoms with Gasteiger partial charge in [0.05, 0.1) is 5.75 Å². The number of benzene rings is 1. The predicted molar refractivity (Wildman–Crippen MR) is 62.2 cm³/mol. The van der Waals surface area contributed by atoms with Crippen molar-refractivity contribution in [2.75, 3.05) is 12.0 Å². The van der Waals surface area contributed by atoms with Gasteiger partial charge in [0.15, 0.2) is 0 Å². The molecule has 1 rings (SSSR count). The Balaban J connectivity index is 2.43. The number of sulfone groups is 1. The lowest BCUT2D eigenvalue weighted by Crippen LogP contribution is -2.03. The molecule has 0 fully saturated rings. The molecule has 0 radical (unpaired) electrons. The van der Waals surface area contributed by atoms with Crippen molar-refractivity contribution in [1.82, 2.24) is 0 Å². The first-order valence-corrected chi connectivity index (χ1v) is 7.25. The molecule has 0 spiro atoms. The van der Waals surface area contributed by atoms with Gasteiger partial charge in [0.1, 0.15) is 9.84 Å². The first kappa shape index (κ1) is 11.7. The lowest BCUT2D eigenvalue weighted by Gasteiger charge is -2.00. The highest BCUT2D eigenvalue weighted by Crippen LogP contribution is 2.11. The van der Waals surface area contributed by atoms with Crippen LogP contribution in [0.4, 0.5) is 0 Å². The molecule has 14 heavy (non-hydrogen) atoms. The van der Waals surface area contributed by atoms with Crippen LogP contribution >= 0.6 is 15.9 Å². The minimum atomic E-state index is -2.81. The second-order valence-corrected chi connectivity index (χ2v) is 6.54. The van der Waals surface area contributed by atoms with Gasteiger partial charge in [0.25, 0.3) is 0 Å². The van der Waals surface area contributed by atoms with Crippen molar-refractivity contribution < 1.29 is 8.42 Å². The van der Waals surface area contributed by atoms with Crippen molar-refractivity contribution in [3.8, 4) is 0 Å². The summed E-state index contributed by atoms with van der Waals surface area (Å²) in [5.41, 5.74) is 1.18. The molecule has 78 valence electrons. The van der Waals surface area contributed by atoms with Gasteiger partial charge >= 0.3 is 0 Å². The van der Waals surface area contributed by atoms with E-state index in [1.54, 1.807) is 0 Å². The molecule has 0 atom stereocenters. The third kappa shape index (κ3) is 4.77. The summed E-state index contributed by atoms with van der Waals surface area (Å²) >= 11 is 3.35. The molecule has 0 saturated carbocycles. The molecule has 0 heterocycles. The van der Waals surface area contributed by atoms with Crippen molar-refractivity contribution in [1.29, 1.82) is 0 Å². The zero-order valence-electron chi connectivity index (χ0n) is 8.03. The highest BCUT2D eigenvalue weighted by atomic mass is 79.9. The predicted octanol–water partition coefficient (Wildman–Crippen LogP) is 2.43. The average molecular weight is 277 g/mol. The fraction of sp³-hybridized carbons (Fsp3) is 0.400. The second-order valence-electron chi connectivity index (χ2n) is 3.36. The molecule has 4 heteroatoms. The quantitative estimate of drug-likeness (QED) is 0.847. The van der Waals surface area contributed by atoms with Crippen LogP contribution in [0, 0.1) is 0 Å². The number of rotatable bonds is 4. The van der Waals surface area contributed by atoms with E-state index in [9.17, 15) is 8.42 Å². The van der Waals surface area contributed by atoms with Crippen molar-refractivity contribution in [3.63, 3.8) is 0 Å². The van der Waals surface area contributed by atoms with Crippen LogP contribution in [0.15, 0.2) is 28.7 Å². The Labute approximate surface area is 93.4 Å². The molecule has 0 unspecified atom stereocenters. The molecule has 0 bridgehead atoms. The fourth-order valence-electron chi connectivity index (χ4n) is 1.19. The molecule has 0 aliphatic carbocycles. The van der Waals surface area contributed by atoms with Gasteiger partial charge in [-0.2, -0.15) is 0 Å². The minimum absolute atomic E-state index is 0.267. The van der Waals surface area contributed by atoms with E-state index in [-0.39, 0.29) is 5.75 Å². The molecule has 0 aromatic heterocycles. The first-order chi connectivity index (χ1) is 6.47. The van der Waals surface area contributed by atoms with E-state index >= 15 is 0 Å². The van der Waals surface area contributed by atoms with E-state index < -0.39 is 9.84 Å². The topological polar surface area (TPSA) is 34.1 Å². The van der Waals surface area contributed by atoms with Crippen molar-refractivity contribution in [2.24, 2.45) is 0 Å². The molecule has 1 aromatic carbocycles. The summed E-state index contributed by atoms with van der Waals surface area (Å²) in [5.74, 6) is 0.267. The van der Waals surface area contributed by atoms with Gasteiger partial charge in [-0.3, -0.25) is 0 Å². The van der Waals surface area contributed by atoms with Crippen molar-refractivity contribution in [3.05, 3.63) is 34.3 Å². The van der Waals surface area contributed by atoms with Crippen LogP contribution in [-0.4, -0.2) is 20.4 Å². The molecule has 0 aliphatic heterocycles. The summed E-state index contributed by atoms with van der Waals surface area (Å²) in [7, 11) is -2.81. The zero-order valence-corrected chi connectivity index (χ0v) is 10.4. The molecule has 0 amide bonds. The Morgan fingerprint density at radius 2 is 1.79 bits per heavy atom. The summed E-state index contributed by atoms with van der Waals surface area (Å²) in [6.45, 7) is 0. The smallest absolute Gasteiger partial charge is 0.147 e. The number of halogens is 1. The normalized spacial score (nSPS) is 11.6. The van der Waals surface area contributed by atoms with Crippen LogP contribution in [0.25, 0.3) is 0 Å². The number of aryl methyl sites for hydroxylation is 1. The molecular formula is C10H13BrO2S. The molecule has 2 nitrogen and oxygen atoms in total.